The number of nitrogens with one attached hydrogen (secondary N) is 1. The van der Waals surface area contributed by atoms with Gasteiger partial charge in [-0.1, -0.05) is 12.1 Å². The maximum Gasteiger partial charge on any atom is 0.0715 e. The van der Waals surface area contributed by atoms with Crippen LogP contribution in [-0.4, -0.2) is 17.3 Å². The Morgan fingerprint density at radius 3 is 2.31 bits per heavy atom. The average Bonchev–Trinajstić information content (AvgIpc) is 2.16. The molecule has 0 bridgehead atoms. The van der Waals surface area contributed by atoms with E-state index in [-0.39, 0.29) is 0 Å². The van der Waals surface area contributed by atoms with E-state index in [0.717, 1.165) is 6.54 Å². The Labute approximate surface area is 98.7 Å². The normalized spacial score (nSPS) is 11.9. The zero-order valence-electron chi connectivity index (χ0n) is 11.0. The molecule has 2 nitrogen and oxygen atoms in total. The molecule has 1 aromatic rings. The first-order valence-electron chi connectivity index (χ1n) is 5.80. The Morgan fingerprint density at radius 2 is 1.75 bits per heavy atom. The van der Waals surface area contributed by atoms with Gasteiger partial charge in [-0.05, 0) is 56.9 Å². The topological polar surface area (TPSA) is 32.3 Å². The van der Waals surface area contributed by atoms with Crippen molar-refractivity contribution in [1.29, 1.82) is 0 Å². The smallest absolute Gasteiger partial charge is 0.0715 e. The summed E-state index contributed by atoms with van der Waals surface area (Å²) in [6.45, 7) is 11.5. The number of aryl methyl sites for hydroxylation is 1. The van der Waals surface area contributed by atoms with Crippen molar-refractivity contribution in [2.45, 2.75) is 46.8 Å². The molecule has 0 atom stereocenters. The summed E-state index contributed by atoms with van der Waals surface area (Å²) < 4.78 is 0. The lowest BCUT2D eigenvalue weighted by molar-refractivity contribution is 0.0795. The summed E-state index contributed by atoms with van der Waals surface area (Å²) in [6, 6.07) is 4.32. The molecule has 2 heteroatoms. The molecule has 0 amide bonds. The minimum Gasteiger partial charge on any atom is -0.389 e. The van der Waals surface area contributed by atoms with Crippen molar-refractivity contribution in [3.05, 3.63) is 34.4 Å². The highest BCUT2D eigenvalue weighted by atomic mass is 16.3. The lowest BCUT2D eigenvalue weighted by Gasteiger charge is -2.19. The first-order chi connectivity index (χ1) is 7.31. The van der Waals surface area contributed by atoms with Crippen molar-refractivity contribution in [3.63, 3.8) is 0 Å². The fourth-order valence-electron chi connectivity index (χ4n) is 1.71. The van der Waals surface area contributed by atoms with E-state index in [4.69, 9.17) is 0 Å². The third-order valence-corrected chi connectivity index (χ3v) is 3.04. The largest absolute Gasteiger partial charge is 0.389 e. The Kier molecular flexibility index (Phi) is 4.11. The van der Waals surface area contributed by atoms with Crippen LogP contribution in [0.15, 0.2) is 12.1 Å². The van der Waals surface area contributed by atoms with Crippen LogP contribution in [0.25, 0.3) is 0 Å². The molecule has 0 fully saturated rings. The second-order valence-electron chi connectivity index (χ2n) is 5.21. The molecular weight excluding hydrogens is 198 g/mol. The highest BCUT2D eigenvalue weighted by Crippen LogP contribution is 2.16. The van der Waals surface area contributed by atoms with Crippen LogP contribution in [0.1, 0.15) is 36.1 Å². The van der Waals surface area contributed by atoms with E-state index < -0.39 is 5.60 Å². The van der Waals surface area contributed by atoms with E-state index in [1.165, 1.54) is 22.3 Å². The molecule has 90 valence electrons. The fourth-order valence-corrected chi connectivity index (χ4v) is 1.71. The molecule has 0 aliphatic heterocycles. The number of hydrogen-bond acceptors (Lipinski definition) is 2. The number of benzene rings is 1. The van der Waals surface area contributed by atoms with Gasteiger partial charge in [-0.2, -0.15) is 0 Å². The second kappa shape index (κ2) is 4.98. The lowest BCUT2D eigenvalue weighted by Crippen LogP contribution is -2.34. The van der Waals surface area contributed by atoms with Crippen molar-refractivity contribution in [2.75, 3.05) is 6.54 Å². The molecule has 0 saturated carbocycles. The van der Waals surface area contributed by atoms with Gasteiger partial charge in [0.2, 0.25) is 0 Å². The molecule has 0 unspecified atom stereocenters. The van der Waals surface area contributed by atoms with Crippen molar-refractivity contribution in [3.8, 4) is 0 Å². The van der Waals surface area contributed by atoms with E-state index >= 15 is 0 Å². The summed E-state index contributed by atoms with van der Waals surface area (Å²) >= 11 is 0. The molecule has 0 aliphatic rings. The van der Waals surface area contributed by atoms with Crippen molar-refractivity contribution >= 4 is 0 Å². The van der Waals surface area contributed by atoms with Gasteiger partial charge < -0.3 is 10.4 Å². The molecule has 0 aromatic heterocycles. The van der Waals surface area contributed by atoms with Crippen LogP contribution in [-0.2, 0) is 6.54 Å². The lowest BCUT2D eigenvalue weighted by atomic mass is 9.99. The summed E-state index contributed by atoms with van der Waals surface area (Å²) in [4.78, 5) is 0. The zero-order chi connectivity index (χ0) is 12.3. The van der Waals surface area contributed by atoms with Crippen LogP contribution in [0.3, 0.4) is 0 Å². The maximum absolute atomic E-state index is 9.60. The zero-order valence-corrected chi connectivity index (χ0v) is 11.0. The molecule has 2 N–H and O–H groups in total. The molecule has 1 rings (SSSR count). The predicted molar refractivity (Wildman–Crippen MR) is 68.7 cm³/mol. The van der Waals surface area contributed by atoms with Gasteiger partial charge in [-0.15, -0.1) is 0 Å². The summed E-state index contributed by atoms with van der Waals surface area (Å²) in [5.74, 6) is 0. The minimum atomic E-state index is -0.645. The summed E-state index contributed by atoms with van der Waals surface area (Å²) in [5.41, 5.74) is 4.72. The van der Waals surface area contributed by atoms with E-state index in [2.05, 4.69) is 38.2 Å². The van der Waals surface area contributed by atoms with Gasteiger partial charge in [0, 0.05) is 13.1 Å². The number of rotatable bonds is 4. The third-order valence-electron chi connectivity index (χ3n) is 3.04. The number of aliphatic hydroxyl groups is 1. The van der Waals surface area contributed by atoms with Crippen LogP contribution < -0.4 is 5.32 Å². The Hall–Kier alpha value is -0.860. The molecule has 0 spiro atoms. The first-order valence-corrected chi connectivity index (χ1v) is 5.80. The minimum absolute atomic E-state index is 0.610. The standard InChI is InChI=1S/C14H23NO/c1-10-6-7-13(12(3)11(10)2)8-15-9-14(4,5)16/h6-7,15-16H,8-9H2,1-5H3. The fraction of sp³-hybridized carbons (Fsp3) is 0.571. The SMILES string of the molecule is Cc1ccc(CNCC(C)(C)O)c(C)c1C. The van der Waals surface area contributed by atoms with Gasteiger partial charge in [-0.25, -0.2) is 0 Å². The molecular formula is C14H23NO. The Balaban J connectivity index is 2.65. The van der Waals surface area contributed by atoms with E-state index in [0.29, 0.717) is 6.54 Å². The highest BCUT2D eigenvalue weighted by molar-refractivity contribution is 5.38. The van der Waals surface area contributed by atoms with E-state index in [1.54, 1.807) is 0 Å². The highest BCUT2D eigenvalue weighted by Gasteiger charge is 2.11. The average molecular weight is 221 g/mol. The summed E-state index contributed by atoms with van der Waals surface area (Å²) in [6.07, 6.45) is 0. The van der Waals surface area contributed by atoms with Crippen LogP contribution in [0, 0.1) is 20.8 Å². The quantitative estimate of drug-likeness (QED) is 0.818. The van der Waals surface area contributed by atoms with Gasteiger partial charge in [-0.3, -0.25) is 0 Å². The molecule has 0 heterocycles. The molecule has 0 saturated heterocycles. The Bertz CT molecular complexity index is 364. The van der Waals surface area contributed by atoms with Crippen LogP contribution >= 0.6 is 0 Å². The van der Waals surface area contributed by atoms with Crippen LogP contribution in [0.2, 0.25) is 0 Å². The molecule has 1 aromatic carbocycles. The van der Waals surface area contributed by atoms with Crippen molar-refractivity contribution < 1.29 is 5.11 Å². The molecule has 16 heavy (non-hydrogen) atoms. The van der Waals surface area contributed by atoms with Gasteiger partial charge in [0.25, 0.3) is 0 Å². The van der Waals surface area contributed by atoms with Gasteiger partial charge >= 0.3 is 0 Å². The van der Waals surface area contributed by atoms with E-state index in [1.807, 2.05) is 13.8 Å². The predicted octanol–water partition coefficient (Wildman–Crippen LogP) is 2.47. The summed E-state index contributed by atoms with van der Waals surface area (Å²) in [5, 5.41) is 12.9. The van der Waals surface area contributed by atoms with Crippen molar-refractivity contribution in [2.24, 2.45) is 0 Å². The van der Waals surface area contributed by atoms with Gasteiger partial charge in [0.1, 0.15) is 0 Å². The van der Waals surface area contributed by atoms with Crippen LogP contribution in [0.4, 0.5) is 0 Å². The van der Waals surface area contributed by atoms with Gasteiger partial charge in [0.05, 0.1) is 5.60 Å². The third kappa shape index (κ3) is 3.62. The molecule has 0 aliphatic carbocycles. The monoisotopic (exact) mass is 221 g/mol. The van der Waals surface area contributed by atoms with Crippen LogP contribution in [0.5, 0.6) is 0 Å². The second-order valence-corrected chi connectivity index (χ2v) is 5.21. The summed E-state index contributed by atoms with van der Waals surface area (Å²) in [7, 11) is 0. The maximum atomic E-state index is 9.60. The number of hydrogen-bond donors (Lipinski definition) is 2. The van der Waals surface area contributed by atoms with E-state index in [9.17, 15) is 5.11 Å². The van der Waals surface area contributed by atoms with Crippen molar-refractivity contribution in [1.82, 2.24) is 5.32 Å². The first kappa shape index (κ1) is 13.2. The molecule has 0 radical (unpaired) electrons. The Morgan fingerprint density at radius 1 is 1.12 bits per heavy atom. The van der Waals surface area contributed by atoms with Gasteiger partial charge in [0.15, 0.2) is 0 Å².